The van der Waals surface area contributed by atoms with Gasteiger partial charge in [0.15, 0.2) is 5.82 Å². The third-order valence-electron chi connectivity index (χ3n) is 5.50. The molecule has 0 spiro atoms. The first-order valence-electron chi connectivity index (χ1n) is 10.7. The molecule has 1 N–H and O–H groups in total. The van der Waals surface area contributed by atoms with Crippen LogP contribution in [0.25, 0.3) is 5.82 Å². The zero-order valence-electron chi connectivity index (χ0n) is 18.8. The smallest absolute Gasteiger partial charge is 0.276 e. The first kappa shape index (κ1) is 23.0. The molecule has 34 heavy (non-hydrogen) atoms. The third-order valence-corrected chi connectivity index (χ3v) is 7.39. The zero-order chi connectivity index (χ0) is 24.3. The van der Waals surface area contributed by atoms with Crippen LogP contribution in [-0.2, 0) is 16.4 Å². The normalized spacial score (nSPS) is 11.2. The predicted octanol–water partition coefficient (Wildman–Crippen LogP) is 3.55. The van der Waals surface area contributed by atoms with Crippen LogP contribution in [0.2, 0.25) is 0 Å². The van der Waals surface area contributed by atoms with Gasteiger partial charge in [-0.3, -0.25) is 14.2 Å². The van der Waals surface area contributed by atoms with Gasteiger partial charge in [0.25, 0.3) is 15.6 Å². The molecule has 4 aromatic rings. The molecule has 0 aliphatic carbocycles. The van der Waals surface area contributed by atoms with Crippen molar-refractivity contribution in [3.8, 4) is 11.9 Å². The lowest BCUT2D eigenvalue weighted by molar-refractivity contribution is 0.591. The molecule has 0 atom stereocenters. The quantitative estimate of drug-likeness (QED) is 0.441. The molecule has 0 bridgehead atoms. The van der Waals surface area contributed by atoms with Gasteiger partial charge in [0.2, 0.25) is 0 Å². The van der Waals surface area contributed by atoms with Crippen LogP contribution in [0.5, 0.6) is 0 Å². The lowest BCUT2D eigenvalue weighted by Crippen LogP contribution is -2.30. The molecule has 8 nitrogen and oxygen atoms in total. The van der Waals surface area contributed by atoms with Crippen LogP contribution in [0.4, 0.5) is 5.69 Å². The van der Waals surface area contributed by atoms with Crippen molar-refractivity contribution in [2.24, 2.45) is 0 Å². The van der Waals surface area contributed by atoms with Gasteiger partial charge in [-0.1, -0.05) is 30.3 Å². The fraction of sp³-hybridized carbons (Fsp3) is 0.160. The number of anilines is 1. The zero-order valence-corrected chi connectivity index (χ0v) is 19.6. The van der Waals surface area contributed by atoms with Gasteiger partial charge in [0.05, 0.1) is 17.3 Å². The van der Waals surface area contributed by atoms with Gasteiger partial charge < -0.3 is 0 Å². The van der Waals surface area contributed by atoms with Gasteiger partial charge in [0, 0.05) is 30.4 Å². The molecule has 0 unspecified atom stereocenters. The summed E-state index contributed by atoms with van der Waals surface area (Å²) in [5, 5.41) is 12.1. The lowest BCUT2D eigenvalue weighted by atomic mass is 10.0. The summed E-state index contributed by atoms with van der Waals surface area (Å²) in [4.78, 5) is 17.4. The first-order chi connectivity index (χ1) is 16.3. The molecular formula is C25H23N5O3S. The van der Waals surface area contributed by atoms with E-state index in [0.29, 0.717) is 28.9 Å². The average Bonchev–Trinajstić information content (AvgIpc) is 3.13. The highest BCUT2D eigenvalue weighted by Crippen LogP contribution is 2.23. The number of sulfonamides is 1. The number of aromatic nitrogens is 3. The average molecular weight is 474 g/mol. The van der Waals surface area contributed by atoms with E-state index in [4.69, 9.17) is 5.26 Å². The van der Waals surface area contributed by atoms with Crippen molar-refractivity contribution in [3.63, 3.8) is 0 Å². The van der Waals surface area contributed by atoms with Crippen molar-refractivity contribution in [3.05, 3.63) is 106 Å². The van der Waals surface area contributed by atoms with Crippen molar-refractivity contribution >= 4 is 15.7 Å². The van der Waals surface area contributed by atoms with E-state index in [1.165, 1.54) is 27.3 Å². The van der Waals surface area contributed by atoms with Crippen LogP contribution in [0.15, 0.2) is 82.6 Å². The number of nitrogens with zero attached hydrogens (tertiary/aromatic N) is 4. The second-order valence-corrected chi connectivity index (χ2v) is 9.56. The summed E-state index contributed by atoms with van der Waals surface area (Å²) in [7, 11) is -3.82. The fourth-order valence-electron chi connectivity index (χ4n) is 3.78. The molecule has 2 heterocycles. The molecule has 172 valence electrons. The summed E-state index contributed by atoms with van der Waals surface area (Å²) in [6, 6.07) is 21.0. The van der Waals surface area contributed by atoms with Crippen LogP contribution in [-0.4, -0.2) is 29.7 Å². The number of hydrogen-bond donors (Lipinski definition) is 1. The standard InChI is InChI=1S/C25H23N5O3S/c1-3-29(21-10-5-4-6-11-21)34(32,33)22-12-13-24(27-17-22)30-25(31)23(18(2)28-30)15-19-8-7-9-20(14-19)16-26/h4-14,17,28H,3,15H2,1-2H3. The Labute approximate surface area is 197 Å². The maximum atomic E-state index is 13.2. The maximum Gasteiger partial charge on any atom is 0.276 e. The van der Waals surface area contributed by atoms with Crippen molar-refractivity contribution in [1.82, 2.24) is 14.8 Å². The summed E-state index contributed by atoms with van der Waals surface area (Å²) in [5.74, 6) is 0.284. The summed E-state index contributed by atoms with van der Waals surface area (Å²) in [6.45, 7) is 3.82. The van der Waals surface area contributed by atoms with E-state index in [-0.39, 0.29) is 22.8 Å². The highest BCUT2D eigenvalue weighted by atomic mass is 32.2. The number of aryl methyl sites for hydroxylation is 1. The Morgan fingerprint density at radius 2 is 1.85 bits per heavy atom. The number of hydrogen-bond acceptors (Lipinski definition) is 5. The number of para-hydroxylation sites is 1. The van der Waals surface area contributed by atoms with E-state index >= 15 is 0 Å². The SMILES string of the molecule is CCN(c1ccccc1)S(=O)(=O)c1ccc(-n2[nH]c(C)c(Cc3cccc(C#N)c3)c2=O)nc1. The second kappa shape index (κ2) is 9.37. The third kappa shape index (κ3) is 4.36. The van der Waals surface area contributed by atoms with Crippen molar-refractivity contribution in [2.45, 2.75) is 25.2 Å². The molecule has 0 amide bonds. The van der Waals surface area contributed by atoms with Crippen molar-refractivity contribution in [2.75, 3.05) is 10.8 Å². The summed E-state index contributed by atoms with van der Waals surface area (Å²) in [5.41, 5.74) is 2.89. The molecule has 0 aliphatic heterocycles. The molecular weight excluding hydrogens is 450 g/mol. The minimum Gasteiger partial charge on any atom is -0.294 e. The van der Waals surface area contributed by atoms with Crippen molar-refractivity contribution < 1.29 is 8.42 Å². The monoisotopic (exact) mass is 473 g/mol. The Morgan fingerprint density at radius 3 is 2.50 bits per heavy atom. The number of pyridine rings is 1. The molecule has 4 rings (SSSR count). The molecule has 0 saturated carbocycles. The van der Waals surface area contributed by atoms with Crippen LogP contribution >= 0.6 is 0 Å². The molecule has 2 aromatic carbocycles. The van der Waals surface area contributed by atoms with Crippen LogP contribution in [0, 0.1) is 18.3 Å². The van der Waals surface area contributed by atoms with E-state index in [1.807, 2.05) is 12.1 Å². The van der Waals surface area contributed by atoms with E-state index < -0.39 is 10.0 Å². The first-order valence-corrected chi connectivity index (χ1v) is 12.1. The highest BCUT2D eigenvalue weighted by molar-refractivity contribution is 7.92. The Balaban J connectivity index is 1.64. The largest absolute Gasteiger partial charge is 0.294 e. The lowest BCUT2D eigenvalue weighted by Gasteiger charge is -2.22. The topological polar surface area (TPSA) is 112 Å². The minimum absolute atomic E-state index is 0.0341. The second-order valence-electron chi connectivity index (χ2n) is 7.70. The van der Waals surface area contributed by atoms with Crippen LogP contribution in [0.1, 0.15) is 29.3 Å². The van der Waals surface area contributed by atoms with Gasteiger partial charge in [-0.25, -0.2) is 18.1 Å². The number of benzene rings is 2. The minimum atomic E-state index is -3.82. The maximum absolute atomic E-state index is 13.2. The fourth-order valence-corrected chi connectivity index (χ4v) is 5.20. The van der Waals surface area contributed by atoms with E-state index in [1.54, 1.807) is 56.3 Å². The number of aromatic amines is 1. The van der Waals surface area contributed by atoms with E-state index in [2.05, 4.69) is 16.2 Å². The molecule has 9 heteroatoms. The van der Waals surface area contributed by atoms with Crippen LogP contribution in [0.3, 0.4) is 0 Å². The Bertz CT molecular complexity index is 1520. The summed E-state index contributed by atoms with van der Waals surface area (Å²) >= 11 is 0. The Morgan fingerprint density at radius 1 is 1.09 bits per heavy atom. The van der Waals surface area contributed by atoms with E-state index in [0.717, 1.165) is 5.56 Å². The van der Waals surface area contributed by atoms with Crippen LogP contribution < -0.4 is 9.86 Å². The van der Waals surface area contributed by atoms with Crippen molar-refractivity contribution in [1.29, 1.82) is 5.26 Å². The van der Waals surface area contributed by atoms with Gasteiger partial charge in [0.1, 0.15) is 4.90 Å². The predicted molar refractivity (Wildman–Crippen MR) is 130 cm³/mol. The summed E-state index contributed by atoms with van der Waals surface area (Å²) < 4.78 is 29.0. The van der Waals surface area contributed by atoms with Gasteiger partial charge in [-0.2, -0.15) is 5.26 Å². The number of rotatable bonds is 7. The molecule has 2 aromatic heterocycles. The summed E-state index contributed by atoms with van der Waals surface area (Å²) in [6.07, 6.45) is 1.62. The molecule has 0 radical (unpaired) electrons. The Hall–Kier alpha value is -4.16. The molecule has 0 saturated heterocycles. The number of nitriles is 1. The molecule has 0 aliphatic rings. The van der Waals surface area contributed by atoms with Gasteiger partial charge >= 0.3 is 0 Å². The number of nitrogens with one attached hydrogen (secondary N) is 1. The van der Waals surface area contributed by atoms with Gasteiger partial charge in [-0.05, 0) is 55.8 Å². The highest BCUT2D eigenvalue weighted by Gasteiger charge is 2.24. The molecule has 0 fully saturated rings. The van der Waals surface area contributed by atoms with E-state index in [9.17, 15) is 13.2 Å². The van der Waals surface area contributed by atoms with Gasteiger partial charge in [-0.15, -0.1) is 0 Å². The Kier molecular flexibility index (Phi) is 6.34. The number of H-pyrrole nitrogens is 1.